The van der Waals surface area contributed by atoms with Crippen molar-refractivity contribution >= 4 is 0 Å². The van der Waals surface area contributed by atoms with Gasteiger partial charge in [-0.1, -0.05) is 71.1 Å². The van der Waals surface area contributed by atoms with Gasteiger partial charge in [0.05, 0.1) is 27.7 Å². The number of unbranched alkanes of at least 4 members (excludes halogenated alkanes) is 11. The summed E-state index contributed by atoms with van der Waals surface area (Å²) in [4.78, 5) is 0. The summed E-state index contributed by atoms with van der Waals surface area (Å²) >= 11 is 0. The summed E-state index contributed by atoms with van der Waals surface area (Å²) in [6, 6.07) is 0. The molecule has 3 N–H and O–H groups in total. The van der Waals surface area contributed by atoms with E-state index in [9.17, 15) is 0 Å². The number of hydrogen-bond acceptors (Lipinski definition) is 1. The van der Waals surface area contributed by atoms with Gasteiger partial charge in [0, 0.05) is 0 Å². The van der Waals surface area contributed by atoms with Crippen LogP contribution in [0.4, 0.5) is 0 Å². The minimum atomic E-state index is 1.12. The molecule has 0 aromatic heterocycles. The Morgan fingerprint density at radius 2 is 0.900 bits per heavy atom. The van der Waals surface area contributed by atoms with Crippen LogP contribution in [-0.2, 0) is 0 Å². The van der Waals surface area contributed by atoms with Crippen LogP contribution in [0.15, 0.2) is 0 Å². The van der Waals surface area contributed by atoms with E-state index >= 15 is 0 Å². The van der Waals surface area contributed by atoms with Crippen molar-refractivity contribution < 1.29 is 10.4 Å². The van der Waals surface area contributed by atoms with Crippen molar-refractivity contribution in [3.8, 4) is 0 Å². The summed E-state index contributed by atoms with van der Waals surface area (Å²) in [6.07, 6.45) is 17.4. The van der Waals surface area contributed by atoms with Crippen LogP contribution >= 0.6 is 0 Å². The maximum absolute atomic E-state index is 8.00. The molecule has 0 heterocycles. The molecule has 0 aromatic carbocycles. The van der Waals surface area contributed by atoms with Crippen LogP contribution in [0.5, 0.6) is 0 Å². The number of nitrogens with zero attached hydrogens (tertiary/aromatic N) is 1. The summed E-state index contributed by atoms with van der Waals surface area (Å²) < 4.78 is 1.12. The molecule has 124 valence electrons. The molecule has 0 aromatic rings. The number of rotatable bonds is 13. The quantitative estimate of drug-likeness (QED) is 0.309. The van der Waals surface area contributed by atoms with Gasteiger partial charge in [0.1, 0.15) is 0 Å². The van der Waals surface area contributed by atoms with E-state index in [2.05, 4.69) is 28.1 Å². The van der Waals surface area contributed by atoms with Crippen molar-refractivity contribution in [2.24, 2.45) is 0 Å². The first-order chi connectivity index (χ1) is 9.56. The molecular weight excluding hydrogens is 248 g/mol. The number of hydrogen-bond donors (Lipinski definition) is 1. The van der Waals surface area contributed by atoms with E-state index in [1.54, 1.807) is 0 Å². The van der Waals surface area contributed by atoms with Crippen LogP contribution in [0.3, 0.4) is 0 Å². The molecule has 0 aliphatic heterocycles. The van der Waals surface area contributed by atoms with E-state index in [1.807, 2.05) is 5.90 Å². The van der Waals surface area contributed by atoms with Crippen molar-refractivity contribution in [3.63, 3.8) is 0 Å². The van der Waals surface area contributed by atoms with Gasteiger partial charge in [0.2, 0.25) is 0 Å². The molecule has 0 radical (unpaired) electrons. The highest BCUT2D eigenvalue weighted by molar-refractivity contribution is 4.48. The zero-order valence-corrected chi connectivity index (χ0v) is 14.8. The zero-order chi connectivity index (χ0) is 15.7. The predicted octanol–water partition coefficient (Wildman–Crippen LogP) is 4.12. The van der Waals surface area contributed by atoms with E-state index < -0.39 is 0 Å². The molecule has 0 aliphatic rings. The average Bonchev–Trinajstić information content (AvgIpc) is 2.41. The lowest BCUT2D eigenvalue weighted by molar-refractivity contribution is -0.870. The Hall–Kier alpha value is -0.120. The van der Waals surface area contributed by atoms with Crippen LogP contribution in [0.1, 0.15) is 84.0 Å². The lowest BCUT2D eigenvalue weighted by Crippen LogP contribution is -2.37. The second kappa shape index (κ2) is 16.9. The van der Waals surface area contributed by atoms with E-state index in [0.717, 1.165) is 4.48 Å². The summed E-state index contributed by atoms with van der Waals surface area (Å²) in [5.74, 6) is 2.00. The zero-order valence-electron chi connectivity index (χ0n) is 14.8. The van der Waals surface area contributed by atoms with Crippen molar-refractivity contribution in [2.75, 3.05) is 27.7 Å². The third-order valence-electron chi connectivity index (χ3n) is 3.68. The highest BCUT2D eigenvalue weighted by Gasteiger charge is 2.04. The minimum absolute atomic E-state index is 1.12. The monoisotopic (exact) mass is 289 g/mol. The van der Waals surface area contributed by atoms with Crippen LogP contribution < -0.4 is 5.90 Å². The fraction of sp³-hybridized carbons (Fsp3) is 1.00. The second-order valence-electron chi connectivity index (χ2n) is 6.90. The Kier molecular flexibility index (Phi) is 18.8. The molecule has 0 spiro atoms. The van der Waals surface area contributed by atoms with Crippen molar-refractivity contribution in [1.29, 1.82) is 0 Å². The van der Waals surface area contributed by atoms with Gasteiger partial charge >= 0.3 is 0 Å². The molecular formula is C17H41N2O+. The van der Waals surface area contributed by atoms with Crippen LogP contribution in [0, 0.1) is 5.21 Å². The van der Waals surface area contributed by atoms with E-state index in [4.69, 9.17) is 5.21 Å². The Morgan fingerprint density at radius 1 is 0.600 bits per heavy atom. The Morgan fingerprint density at radius 3 is 1.20 bits per heavy atom. The lowest BCUT2D eigenvalue weighted by Gasteiger charge is -2.23. The SMILES string of the molecule is CCCCCCCCCCCCCC[N+](C)(C)C.[NH3+][O-]. The first-order valence-electron chi connectivity index (χ1n) is 8.65. The van der Waals surface area contributed by atoms with Crippen molar-refractivity contribution in [3.05, 3.63) is 5.21 Å². The fourth-order valence-electron chi connectivity index (χ4n) is 2.43. The molecule has 0 atom stereocenters. The van der Waals surface area contributed by atoms with E-state index in [1.165, 1.54) is 83.6 Å². The van der Waals surface area contributed by atoms with Gasteiger partial charge in [0.15, 0.2) is 0 Å². The molecule has 0 aliphatic carbocycles. The van der Waals surface area contributed by atoms with Gasteiger partial charge < -0.3 is 15.6 Å². The van der Waals surface area contributed by atoms with Crippen molar-refractivity contribution in [2.45, 2.75) is 84.0 Å². The fourth-order valence-corrected chi connectivity index (χ4v) is 2.43. The Balaban J connectivity index is 0. The van der Waals surface area contributed by atoms with Crippen LogP contribution in [-0.4, -0.2) is 32.2 Å². The number of quaternary nitrogens is 2. The highest BCUT2D eigenvalue weighted by atomic mass is 16.4. The van der Waals surface area contributed by atoms with Gasteiger partial charge in [-0.2, -0.15) is 0 Å². The molecule has 0 fully saturated rings. The molecule has 20 heavy (non-hydrogen) atoms. The maximum atomic E-state index is 8.00. The molecule has 0 saturated heterocycles. The third kappa shape index (κ3) is 23.0. The van der Waals surface area contributed by atoms with E-state index in [-0.39, 0.29) is 0 Å². The molecule has 0 unspecified atom stereocenters. The second-order valence-corrected chi connectivity index (χ2v) is 6.90. The first kappa shape index (κ1) is 22.2. The molecule has 3 heteroatoms. The average molecular weight is 290 g/mol. The lowest BCUT2D eigenvalue weighted by atomic mass is 10.1. The summed E-state index contributed by atoms with van der Waals surface area (Å²) in [5, 5.41) is 8.00. The topological polar surface area (TPSA) is 50.7 Å². The maximum Gasteiger partial charge on any atom is 0.0780 e. The summed E-state index contributed by atoms with van der Waals surface area (Å²) in [5.41, 5.74) is 0. The molecule has 0 amide bonds. The summed E-state index contributed by atoms with van der Waals surface area (Å²) in [6.45, 7) is 3.62. The van der Waals surface area contributed by atoms with E-state index in [0.29, 0.717) is 0 Å². The van der Waals surface area contributed by atoms with Gasteiger partial charge in [-0.15, -0.1) is 0 Å². The Labute approximate surface area is 128 Å². The first-order valence-corrected chi connectivity index (χ1v) is 8.65. The molecule has 0 bridgehead atoms. The van der Waals surface area contributed by atoms with Crippen molar-refractivity contribution in [1.82, 2.24) is 0 Å². The molecule has 3 nitrogen and oxygen atoms in total. The van der Waals surface area contributed by atoms with Gasteiger partial charge in [0.25, 0.3) is 0 Å². The molecule has 0 rings (SSSR count). The van der Waals surface area contributed by atoms with Gasteiger partial charge in [-0.05, 0) is 12.8 Å². The normalized spacial score (nSPS) is 11.1. The van der Waals surface area contributed by atoms with Gasteiger partial charge in [-0.25, -0.2) is 0 Å². The smallest absolute Gasteiger partial charge is 0.0780 e. The Bertz CT molecular complexity index is 167. The predicted molar refractivity (Wildman–Crippen MR) is 90.2 cm³/mol. The third-order valence-corrected chi connectivity index (χ3v) is 3.68. The minimum Gasteiger partial charge on any atom is -0.637 e. The standard InChI is InChI=1S/C17H38N.H3NO/c1-5-6-7-8-9-10-11-12-13-14-15-16-17-18(2,3)4;1-2/h5-17H2,1-4H3;1H3/q+1;. The highest BCUT2D eigenvalue weighted by Crippen LogP contribution is 2.12. The molecule has 0 saturated carbocycles. The van der Waals surface area contributed by atoms with Crippen LogP contribution in [0.25, 0.3) is 0 Å². The van der Waals surface area contributed by atoms with Crippen LogP contribution in [0.2, 0.25) is 0 Å². The largest absolute Gasteiger partial charge is 0.637 e. The summed E-state index contributed by atoms with van der Waals surface area (Å²) in [7, 11) is 6.87. The van der Waals surface area contributed by atoms with Gasteiger partial charge in [-0.3, -0.25) is 0 Å².